The molecule has 23 heavy (non-hydrogen) atoms. The van der Waals surface area contributed by atoms with Gasteiger partial charge in [-0.2, -0.15) is 0 Å². The molecule has 0 saturated carbocycles. The third kappa shape index (κ3) is 4.03. The molecule has 1 atom stereocenters. The van der Waals surface area contributed by atoms with Crippen LogP contribution in [0.25, 0.3) is 0 Å². The van der Waals surface area contributed by atoms with Crippen molar-refractivity contribution in [2.24, 2.45) is 0 Å². The minimum absolute atomic E-state index is 0.225. The molecule has 0 radical (unpaired) electrons. The number of benzene rings is 1. The van der Waals surface area contributed by atoms with Crippen LogP contribution >= 0.6 is 0 Å². The molecule has 0 bridgehead atoms. The van der Waals surface area contributed by atoms with E-state index in [4.69, 9.17) is 9.47 Å². The molecule has 0 aliphatic carbocycles. The fourth-order valence-electron chi connectivity index (χ4n) is 3.49. The number of methoxy groups -OCH3 is 1. The van der Waals surface area contributed by atoms with Crippen LogP contribution in [0, 0.1) is 0 Å². The molecule has 3 rings (SSSR count). The molecule has 0 spiro atoms. The van der Waals surface area contributed by atoms with Gasteiger partial charge in [0.05, 0.1) is 26.9 Å². The zero-order chi connectivity index (χ0) is 16.1. The molecule has 2 heterocycles. The van der Waals surface area contributed by atoms with Crippen LogP contribution in [0.1, 0.15) is 30.9 Å². The maximum Gasteiger partial charge on any atom is 0.236 e. The maximum absolute atomic E-state index is 12.6. The number of amides is 1. The highest BCUT2D eigenvalue weighted by Crippen LogP contribution is 2.32. The Kier molecular flexibility index (Phi) is 5.51. The van der Waals surface area contributed by atoms with Crippen molar-refractivity contribution in [1.82, 2.24) is 9.80 Å². The van der Waals surface area contributed by atoms with Gasteiger partial charge in [-0.15, -0.1) is 0 Å². The molecule has 1 aromatic rings. The molecule has 2 fully saturated rings. The number of morpholine rings is 1. The van der Waals surface area contributed by atoms with Crippen molar-refractivity contribution in [3.8, 4) is 5.75 Å². The van der Waals surface area contributed by atoms with E-state index < -0.39 is 0 Å². The Bertz CT molecular complexity index is 529. The smallest absolute Gasteiger partial charge is 0.236 e. The number of carbonyl (C=O) groups is 1. The molecule has 2 saturated heterocycles. The molecular formula is C18H26N2O3. The zero-order valence-electron chi connectivity index (χ0n) is 13.9. The number of hydrogen-bond acceptors (Lipinski definition) is 4. The highest BCUT2D eigenvalue weighted by Gasteiger charge is 2.28. The van der Waals surface area contributed by atoms with E-state index in [-0.39, 0.29) is 5.91 Å². The monoisotopic (exact) mass is 318 g/mol. The molecule has 5 nitrogen and oxygen atoms in total. The lowest BCUT2D eigenvalue weighted by Crippen LogP contribution is -2.47. The lowest BCUT2D eigenvalue weighted by Gasteiger charge is -2.37. The molecule has 1 aromatic carbocycles. The van der Waals surface area contributed by atoms with Gasteiger partial charge in [0.15, 0.2) is 0 Å². The predicted molar refractivity (Wildman–Crippen MR) is 88.6 cm³/mol. The SMILES string of the molecule is COc1cccc([C@H]2CCCCN2CC(=O)N2CCOCC2)c1. The Morgan fingerprint density at radius 1 is 1.26 bits per heavy atom. The van der Waals surface area contributed by atoms with Gasteiger partial charge in [-0.3, -0.25) is 9.69 Å². The number of hydrogen-bond donors (Lipinski definition) is 0. The van der Waals surface area contributed by atoms with Gasteiger partial charge in [0.25, 0.3) is 0 Å². The summed E-state index contributed by atoms with van der Waals surface area (Å²) in [4.78, 5) is 16.8. The first-order valence-electron chi connectivity index (χ1n) is 8.51. The first-order valence-corrected chi connectivity index (χ1v) is 8.51. The van der Waals surface area contributed by atoms with Gasteiger partial charge in [-0.25, -0.2) is 0 Å². The average Bonchev–Trinajstić information content (AvgIpc) is 2.63. The van der Waals surface area contributed by atoms with E-state index in [1.807, 2.05) is 17.0 Å². The summed E-state index contributed by atoms with van der Waals surface area (Å²) < 4.78 is 10.7. The van der Waals surface area contributed by atoms with Crippen LogP contribution in [0.4, 0.5) is 0 Å². The Morgan fingerprint density at radius 3 is 2.87 bits per heavy atom. The molecule has 2 aliphatic heterocycles. The van der Waals surface area contributed by atoms with Crippen LogP contribution in [0.15, 0.2) is 24.3 Å². The molecular weight excluding hydrogens is 292 g/mol. The minimum Gasteiger partial charge on any atom is -0.497 e. The number of nitrogens with zero attached hydrogens (tertiary/aromatic N) is 2. The summed E-state index contributed by atoms with van der Waals surface area (Å²) >= 11 is 0. The molecule has 0 unspecified atom stereocenters. The highest BCUT2D eigenvalue weighted by molar-refractivity contribution is 5.78. The van der Waals surface area contributed by atoms with Crippen molar-refractivity contribution in [3.05, 3.63) is 29.8 Å². The third-order valence-electron chi connectivity index (χ3n) is 4.79. The van der Waals surface area contributed by atoms with Crippen molar-refractivity contribution in [3.63, 3.8) is 0 Å². The highest BCUT2D eigenvalue weighted by atomic mass is 16.5. The lowest BCUT2D eigenvalue weighted by atomic mass is 9.95. The van der Waals surface area contributed by atoms with Gasteiger partial charge in [-0.1, -0.05) is 18.6 Å². The summed E-state index contributed by atoms with van der Waals surface area (Å²) in [5.41, 5.74) is 1.25. The second-order valence-electron chi connectivity index (χ2n) is 6.25. The molecule has 0 aromatic heterocycles. The Labute approximate surface area is 138 Å². The van der Waals surface area contributed by atoms with Gasteiger partial charge < -0.3 is 14.4 Å². The van der Waals surface area contributed by atoms with Crippen molar-refractivity contribution in [2.45, 2.75) is 25.3 Å². The quantitative estimate of drug-likeness (QED) is 0.852. The molecule has 126 valence electrons. The van der Waals surface area contributed by atoms with E-state index >= 15 is 0 Å². The summed E-state index contributed by atoms with van der Waals surface area (Å²) in [7, 11) is 1.69. The van der Waals surface area contributed by atoms with Crippen LogP contribution in [0.5, 0.6) is 5.75 Å². The fourth-order valence-corrected chi connectivity index (χ4v) is 3.49. The van der Waals surface area contributed by atoms with Gasteiger partial charge in [-0.05, 0) is 37.1 Å². The molecule has 5 heteroatoms. The molecule has 1 amide bonds. The fraction of sp³-hybridized carbons (Fsp3) is 0.611. The number of ether oxygens (including phenoxy) is 2. The van der Waals surface area contributed by atoms with Gasteiger partial charge in [0.1, 0.15) is 5.75 Å². The second-order valence-corrected chi connectivity index (χ2v) is 6.25. The van der Waals surface area contributed by atoms with Crippen molar-refractivity contribution >= 4 is 5.91 Å². The van der Waals surface area contributed by atoms with E-state index in [9.17, 15) is 4.79 Å². The van der Waals surface area contributed by atoms with E-state index in [1.54, 1.807) is 7.11 Å². The van der Waals surface area contributed by atoms with E-state index in [2.05, 4.69) is 17.0 Å². The number of piperidine rings is 1. The van der Waals surface area contributed by atoms with Crippen LogP contribution in [-0.4, -0.2) is 62.2 Å². The van der Waals surface area contributed by atoms with Gasteiger partial charge in [0.2, 0.25) is 5.91 Å². The van der Waals surface area contributed by atoms with Crippen LogP contribution in [-0.2, 0) is 9.53 Å². The summed E-state index contributed by atoms with van der Waals surface area (Å²) in [6.45, 7) is 4.24. The first kappa shape index (κ1) is 16.3. The standard InChI is InChI=1S/C18H26N2O3/c1-22-16-6-4-5-15(13-16)17-7-2-3-8-20(17)14-18(21)19-9-11-23-12-10-19/h4-6,13,17H,2-3,7-12,14H2,1H3/t17-/m1/s1. The topological polar surface area (TPSA) is 42.0 Å². The second kappa shape index (κ2) is 7.79. The van der Waals surface area contributed by atoms with E-state index in [0.717, 1.165) is 38.2 Å². The number of likely N-dealkylation sites (tertiary alicyclic amines) is 1. The van der Waals surface area contributed by atoms with E-state index in [0.29, 0.717) is 25.8 Å². The van der Waals surface area contributed by atoms with Gasteiger partial charge >= 0.3 is 0 Å². The average molecular weight is 318 g/mol. The lowest BCUT2D eigenvalue weighted by molar-refractivity contribution is -0.137. The van der Waals surface area contributed by atoms with Crippen LogP contribution in [0.3, 0.4) is 0 Å². The first-order chi connectivity index (χ1) is 11.3. The largest absolute Gasteiger partial charge is 0.497 e. The molecule has 2 aliphatic rings. The van der Waals surface area contributed by atoms with Crippen molar-refractivity contribution < 1.29 is 14.3 Å². The number of rotatable bonds is 4. The summed E-state index contributed by atoms with van der Waals surface area (Å²) in [6, 6.07) is 8.55. The zero-order valence-corrected chi connectivity index (χ0v) is 13.9. The summed E-state index contributed by atoms with van der Waals surface area (Å²) in [5.74, 6) is 1.11. The predicted octanol–water partition coefficient (Wildman–Crippen LogP) is 2.08. The van der Waals surface area contributed by atoms with E-state index in [1.165, 1.54) is 12.0 Å². The summed E-state index contributed by atoms with van der Waals surface area (Å²) in [6.07, 6.45) is 3.48. The van der Waals surface area contributed by atoms with Crippen LogP contribution in [0.2, 0.25) is 0 Å². The maximum atomic E-state index is 12.6. The van der Waals surface area contributed by atoms with Gasteiger partial charge in [0, 0.05) is 19.1 Å². The molecule has 0 N–H and O–H groups in total. The normalized spacial score (nSPS) is 22.8. The van der Waals surface area contributed by atoms with Crippen molar-refractivity contribution in [2.75, 3.05) is 46.5 Å². The summed E-state index contributed by atoms with van der Waals surface area (Å²) in [5, 5.41) is 0. The Balaban J connectivity index is 1.69. The Morgan fingerprint density at radius 2 is 2.09 bits per heavy atom. The Hall–Kier alpha value is -1.59. The van der Waals surface area contributed by atoms with Crippen molar-refractivity contribution in [1.29, 1.82) is 0 Å². The third-order valence-corrected chi connectivity index (χ3v) is 4.79. The van der Waals surface area contributed by atoms with Crippen LogP contribution < -0.4 is 4.74 Å². The minimum atomic E-state index is 0.225. The number of carbonyl (C=O) groups excluding carboxylic acids is 1.